The molecule has 1 nitrogen and oxygen atoms in total. The maximum absolute atomic E-state index is 3.62. The van der Waals surface area contributed by atoms with Crippen LogP contribution in [0.1, 0.15) is 38.8 Å². The van der Waals surface area contributed by atoms with E-state index in [2.05, 4.69) is 66.3 Å². The van der Waals surface area contributed by atoms with Gasteiger partial charge in [0.1, 0.15) is 0 Å². The molecular formula is C14H20BrN. The van der Waals surface area contributed by atoms with Gasteiger partial charge in [-0.1, -0.05) is 41.9 Å². The van der Waals surface area contributed by atoms with Crippen LogP contribution in [0.5, 0.6) is 0 Å². The highest BCUT2D eigenvalue weighted by molar-refractivity contribution is 9.10. The number of hydrogen-bond acceptors (Lipinski definition) is 1. The first-order valence-corrected chi connectivity index (χ1v) is 6.77. The summed E-state index contributed by atoms with van der Waals surface area (Å²) < 4.78 is 1.15. The third-order valence-electron chi connectivity index (χ3n) is 3.76. The van der Waals surface area contributed by atoms with Crippen LogP contribution in [0.15, 0.2) is 28.7 Å². The van der Waals surface area contributed by atoms with Gasteiger partial charge in [0.25, 0.3) is 0 Å². The third kappa shape index (κ3) is 2.86. The summed E-state index contributed by atoms with van der Waals surface area (Å²) in [6.45, 7) is 8.08. The molecule has 0 aliphatic heterocycles. The molecule has 0 spiro atoms. The van der Waals surface area contributed by atoms with Gasteiger partial charge in [-0.05, 0) is 48.9 Å². The van der Waals surface area contributed by atoms with E-state index < -0.39 is 0 Å². The minimum absolute atomic E-state index is 0.449. The van der Waals surface area contributed by atoms with Crippen molar-refractivity contribution in [3.63, 3.8) is 0 Å². The Morgan fingerprint density at radius 2 is 1.94 bits per heavy atom. The smallest absolute Gasteiger partial charge is 0.0291 e. The minimum Gasteiger partial charge on any atom is -0.310 e. The lowest BCUT2D eigenvalue weighted by Crippen LogP contribution is -2.22. The van der Waals surface area contributed by atoms with Gasteiger partial charge in [0.2, 0.25) is 0 Å². The zero-order valence-electron chi connectivity index (χ0n) is 10.3. The van der Waals surface area contributed by atoms with E-state index in [0.717, 1.165) is 16.9 Å². The first-order chi connectivity index (χ1) is 7.49. The summed E-state index contributed by atoms with van der Waals surface area (Å²) in [6, 6.07) is 9.02. The Balaban J connectivity index is 1.84. The van der Waals surface area contributed by atoms with Gasteiger partial charge < -0.3 is 5.32 Å². The first kappa shape index (κ1) is 12.1. The number of benzene rings is 1. The molecule has 0 amide bonds. The molecule has 0 aromatic heterocycles. The normalized spacial score (nSPS) is 24.1. The molecule has 16 heavy (non-hydrogen) atoms. The molecule has 0 radical (unpaired) electrons. The summed E-state index contributed by atoms with van der Waals surface area (Å²) in [5.41, 5.74) is 1.94. The molecule has 2 heteroatoms. The van der Waals surface area contributed by atoms with Gasteiger partial charge in [0.05, 0.1) is 0 Å². The Labute approximate surface area is 107 Å². The van der Waals surface area contributed by atoms with E-state index in [-0.39, 0.29) is 0 Å². The van der Waals surface area contributed by atoms with Crippen molar-refractivity contribution in [1.29, 1.82) is 0 Å². The Morgan fingerprint density at radius 1 is 1.38 bits per heavy atom. The summed E-state index contributed by atoms with van der Waals surface area (Å²) in [6.07, 6.45) is 1.37. The van der Waals surface area contributed by atoms with E-state index in [1.807, 2.05) is 0 Å². The van der Waals surface area contributed by atoms with Crippen LogP contribution in [0.2, 0.25) is 0 Å². The molecule has 1 N–H and O–H groups in total. The molecule has 1 aliphatic carbocycles. The average Bonchev–Trinajstić information content (AvgIpc) is 2.84. The van der Waals surface area contributed by atoms with Gasteiger partial charge in [-0.25, -0.2) is 0 Å². The average molecular weight is 282 g/mol. The lowest BCUT2D eigenvalue weighted by Gasteiger charge is -2.15. The highest BCUT2D eigenvalue weighted by atomic mass is 79.9. The summed E-state index contributed by atoms with van der Waals surface area (Å²) in [4.78, 5) is 0. The first-order valence-electron chi connectivity index (χ1n) is 5.98. The third-order valence-corrected chi connectivity index (χ3v) is 4.29. The van der Waals surface area contributed by atoms with Gasteiger partial charge in [-0.2, -0.15) is 0 Å². The molecule has 1 aromatic rings. The summed E-state index contributed by atoms with van der Waals surface area (Å²) in [5.74, 6) is 0.866. The van der Waals surface area contributed by atoms with Gasteiger partial charge in [0.15, 0.2) is 0 Å². The fraction of sp³-hybridized carbons (Fsp3) is 0.571. The van der Waals surface area contributed by atoms with Gasteiger partial charge in [-0.3, -0.25) is 0 Å². The molecule has 88 valence electrons. The highest BCUT2D eigenvalue weighted by Crippen LogP contribution is 2.51. The molecule has 0 saturated heterocycles. The Hall–Kier alpha value is -0.340. The molecule has 1 saturated carbocycles. The minimum atomic E-state index is 0.449. The van der Waals surface area contributed by atoms with E-state index in [1.165, 1.54) is 12.0 Å². The highest BCUT2D eigenvalue weighted by Gasteiger charge is 2.44. The van der Waals surface area contributed by atoms with Crippen LogP contribution < -0.4 is 5.32 Å². The van der Waals surface area contributed by atoms with Gasteiger partial charge in [-0.15, -0.1) is 0 Å². The van der Waals surface area contributed by atoms with Crippen molar-refractivity contribution in [2.24, 2.45) is 11.3 Å². The maximum atomic E-state index is 3.62. The molecule has 0 bridgehead atoms. The molecule has 2 unspecified atom stereocenters. The second kappa shape index (κ2) is 4.50. The van der Waals surface area contributed by atoms with E-state index in [4.69, 9.17) is 0 Å². The summed E-state index contributed by atoms with van der Waals surface area (Å²) >= 11 is 3.46. The van der Waals surface area contributed by atoms with E-state index in [9.17, 15) is 0 Å². The quantitative estimate of drug-likeness (QED) is 0.875. The second-order valence-electron chi connectivity index (χ2n) is 5.57. The van der Waals surface area contributed by atoms with Crippen LogP contribution in [0.25, 0.3) is 0 Å². The second-order valence-corrected chi connectivity index (χ2v) is 6.49. The van der Waals surface area contributed by atoms with Crippen LogP contribution in [0, 0.1) is 11.3 Å². The van der Waals surface area contributed by atoms with Gasteiger partial charge >= 0.3 is 0 Å². The summed E-state index contributed by atoms with van der Waals surface area (Å²) in [7, 11) is 0. The van der Waals surface area contributed by atoms with E-state index in [1.54, 1.807) is 0 Å². The van der Waals surface area contributed by atoms with E-state index >= 15 is 0 Å². The fourth-order valence-electron chi connectivity index (χ4n) is 2.11. The Kier molecular flexibility index (Phi) is 3.41. The van der Waals surface area contributed by atoms with Crippen molar-refractivity contribution in [2.45, 2.75) is 33.2 Å². The lowest BCUT2D eigenvalue weighted by molar-refractivity contribution is 0.485. The van der Waals surface area contributed by atoms with Crippen molar-refractivity contribution in [1.82, 2.24) is 5.32 Å². The molecule has 1 aromatic carbocycles. The summed E-state index contributed by atoms with van der Waals surface area (Å²) in [5, 5.41) is 3.62. The van der Waals surface area contributed by atoms with Crippen molar-refractivity contribution < 1.29 is 0 Å². The van der Waals surface area contributed by atoms with E-state index in [0.29, 0.717) is 11.5 Å². The zero-order chi connectivity index (χ0) is 11.8. The molecule has 1 fully saturated rings. The maximum Gasteiger partial charge on any atom is 0.0291 e. The SMILES string of the molecule is CC(NCC1CC1(C)C)c1ccc(Br)cc1. The number of nitrogens with one attached hydrogen (secondary N) is 1. The molecule has 2 atom stereocenters. The molecular weight excluding hydrogens is 262 g/mol. The predicted molar refractivity (Wildman–Crippen MR) is 72.4 cm³/mol. The van der Waals surface area contributed by atoms with Gasteiger partial charge in [0, 0.05) is 10.5 Å². The molecule has 1 aliphatic rings. The number of rotatable bonds is 4. The standard InChI is InChI=1S/C14H20BrN/c1-10(11-4-6-13(15)7-5-11)16-9-12-8-14(12,2)3/h4-7,10,12,16H,8-9H2,1-3H3. The van der Waals surface area contributed by atoms with Crippen LogP contribution in [-0.4, -0.2) is 6.54 Å². The Morgan fingerprint density at radius 3 is 2.44 bits per heavy atom. The Bertz CT molecular complexity index is 356. The fourth-order valence-corrected chi connectivity index (χ4v) is 2.38. The van der Waals surface area contributed by atoms with Crippen molar-refractivity contribution >= 4 is 15.9 Å². The predicted octanol–water partition coefficient (Wildman–Crippen LogP) is 4.15. The lowest BCUT2D eigenvalue weighted by atomic mass is 10.1. The van der Waals surface area contributed by atoms with Crippen LogP contribution in [0.4, 0.5) is 0 Å². The monoisotopic (exact) mass is 281 g/mol. The number of halogens is 1. The van der Waals surface area contributed by atoms with Crippen molar-refractivity contribution in [3.8, 4) is 0 Å². The molecule has 2 rings (SSSR count). The van der Waals surface area contributed by atoms with Crippen LogP contribution >= 0.6 is 15.9 Å². The van der Waals surface area contributed by atoms with Crippen LogP contribution in [0.3, 0.4) is 0 Å². The largest absolute Gasteiger partial charge is 0.310 e. The topological polar surface area (TPSA) is 12.0 Å². The van der Waals surface area contributed by atoms with Crippen molar-refractivity contribution in [3.05, 3.63) is 34.3 Å². The number of hydrogen-bond donors (Lipinski definition) is 1. The zero-order valence-corrected chi connectivity index (χ0v) is 11.8. The van der Waals surface area contributed by atoms with Crippen molar-refractivity contribution in [2.75, 3.05) is 6.54 Å². The molecule has 0 heterocycles. The van der Waals surface area contributed by atoms with Crippen LogP contribution in [-0.2, 0) is 0 Å².